The van der Waals surface area contributed by atoms with Gasteiger partial charge in [0.1, 0.15) is 6.04 Å². The molecule has 0 saturated heterocycles. The molecule has 0 rings (SSSR count). The van der Waals surface area contributed by atoms with E-state index in [2.05, 4.69) is 17.9 Å². The van der Waals surface area contributed by atoms with E-state index in [0.29, 0.717) is 13.0 Å². The lowest BCUT2D eigenvalue weighted by atomic mass is 10.0. The predicted octanol–water partition coefficient (Wildman–Crippen LogP) is 0.372. The fourth-order valence-electron chi connectivity index (χ4n) is 0.854. The molecule has 1 N–H and O–H groups in total. The van der Waals surface area contributed by atoms with Crippen molar-refractivity contribution in [2.24, 2.45) is 0 Å². The molecule has 5 heteroatoms. The Kier molecular flexibility index (Phi) is 4.83. The second kappa shape index (κ2) is 5.11. The average Bonchev–Trinajstić information content (AvgIpc) is 1.98. The number of hydrogen-bond donors (Lipinski definition) is 2. The summed E-state index contributed by atoms with van der Waals surface area (Å²) in [6.07, 6.45) is 0.472. The second-order valence-electron chi connectivity index (χ2n) is 3.12. The summed E-state index contributed by atoms with van der Waals surface area (Å²) in [6, 6.07) is -0.715. The summed E-state index contributed by atoms with van der Waals surface area (Å²) in [5.41, 5.74) is 0. The normalized spacial score (nSPS) is 13.2. The molecule has 0 aliphatic carbocycles. The predicted molar refractivity (Wildman–Crippen MR) is 52.7 cm³/mol. The third-order valence-electron chi connectivity index (χ3n) is 1.46. The van der Waals surface area contributed by atoms with Gasteiger partial charge in [-0.2, -0.15) is 12.6 Å². The van der Waals surface area contributed by atoms with E-state index in [-0.39, 0.29) is 0 Å². The summed E-state index contributed by atoms with van der Waals surface area (Å²) in [5.74, 6) is -0.463. The summed E-state index contributed by atoms with van der Waals surface area (Å²) < 4.78 is 4.14. The summed E-state index contributed by atoms with van der Waals surface area (Å²) in [6.45, 7) is 5.46. The molecular formula is C8H15NO3S. The quantitative estimate of drug-likeness (QED) is 0.387. The first-order valence-electron chi connectivity index (χ1n) is 4.02. The third kappa shape index (κ3) is 4.17. The summed E-state index contributed by atoms with van der Waals surface area (Å²) in [7, 11) is 0. The highest BCUT2D eigenvalue weighted by molar-refractivity contribution is 7.81. The van der Waals surface area contributed by atoms with Crippen LogP contribution in [0, 0.1) is 0 Å². The number of esters is 1. The van der Waals surface area contributed by atoms with E-state index in [1.54, 1.807) is 20.8 Å². The fourth-order valence-corrected chi connectivity index (χ4v) is 1.03. The first-order chi connectivity index (χ1) is 5.93. The van der Waals surface area contributed by atoms with Crippen LogP contribution in [0.4, 0.5) is 0 Å². The average molecular weight is 205 g/mol. The Labute approximate surface area is 83.4 Å². The van der Waals surface area contributed by atoms with Crippen molar-refractivity contribution in [2.45, 2.75) is 31.6 Å². The van der Waals surface area contributed by atoms with Crippen molar-refractivity contribution >= 4 is 25.0 Å². The molecule has 0 heterocycles. The SMILES string of the molecule is CCOC(=O)C(NC=O)C(C)(C)S. The molecule has 0 bridgehead atoms. The topological polar surface area (TPSA) is 55.4 Å². The van der Waals surface area contributed by atoms with Crippen molar-refractivity contribution in [1.29, 1.82) is 0 Å². The minimum Gasteiger partial charge on any atom is -0.464 e. The molecule has 0 spiro atoms. The van der Waals surface area contributed by atoms with Gasteiger partial charge < -0.3 is 10.1 Å². The number of nitrogens with one attached hydrogen (secondary N) is 1. The van der Waals surface area contributed by atoms with Gasteiger partial charge in [0.25, 0.3) is 0 Å². The Morgan fingerprint density at radius 1 is 1.69 bits per heavy atom. The van der Waals surface area contributed by atoms with Crippen LogP contribution in [0.25, 0.3) is 0 Å². The molecule has 0 aliphatic heterocycles. The molecule has 0 fully saturated rings. The summed E-state index contributed by atoms with van der Waals surface area (Å²) in [4.78, 5) is 21.5. The highest BCUT2D eigenvalue weighted by Crippen LogP contribution is 2.18. The zero-order chi connectivity index (χ0) is 10.5. The van der Waals surface area contributed by atoms with Gasteiger partial charge in [-0.15, -0.1) is 0 Å². The third-order valence-corrected chi connectivity index (χ3v) is 1.72. The smallest absolute Gasteiger partial charge is 0.330 e. The first-order valence-corrected chi connectivity index (χ1v) is 4.47. The molecule has 0 aromatic carbocycles. The largest absolute Gasteiger partial charge is 0.464 e. The molecule has 0 radical (unpaired) electrons. The van der Waals surface area contributed by atoms with E-state index in [9.17, 15) is 9.59 Å². The molecular weight excluding hydrogens is 190 g/mol. The van der Waals surface area contributed by atoms with Crippen molar-refractivity contribution in [1.82, 2.24) is 5.32 Å². The van der Waals surface area contributed by atoms with Gasteiger partial charge >= 0.3 is 5.97 Å². The Balaban J connectivity index is 4.41. The number of carbonyl (C=O) groups is 2. The van der Waals surface area contributed by atoms with Gasteiger partial charge in [0.05, 0.1) is 6.61 Å². The van der Waals surface area contributed by atoms with Gasteiger partial charge in [0, 0.05) is 4.75 Å². The van der Waals surface area contributed by atoms with Crippen molar-refractivity contribution in [3.63, 3.8) is 0 Å². The number of hydrogen-bond acceptors (Lipinski definition) is 4. The summed E-state index contributed by atoms with van der Waals surface area (Å²) in [5, 5.41) is 2.38. The van der Waals surface area contributed by atoms with Crippen molar-refractivity contribution in [2.75, 3.05) is 6.61 Å². The van der Waals surface area contributed by atoms with Gasteiger partial charge in [-0.3, -0.25) is 4.79 Å². The lowest BCUT2D eigenvalue weighted by Gasteiger charge is -2.26. The highest BCUT2D eigenvalue weighted by Gasteiger charge is 2.32. The van der Waals surface area contributed by atoms with E-state index >= 15 is 0 Å². The lowest BCUT2D eigenvalue weighted by molar-refractivity contribution is -0.147. The highest BCUT2D eigenvalue weighted by atomic mass is 32.1. The monoisotopic (exact) mass is 205 g/mol. The number of amides is 1. The van der Waals surface area contributed by atoms with Crippen LogP contribution in [-0.4, -0.2) is 29.8 Å². The van der Waals surface area contributed by atoms with Crippen LogP contribution >= 0.6 is 12.6 Å². The Morgan fingerprint density at radius 2 is 2.23 bits per heavy atom. The maximum absolute atomic E-state index is 11.3. The van der Waals surface area contributed by atoms with Crippen molar-refractivity contribution in [3.05, 3.63) is 0 Å². The van der Waals surface area contributed by atoms with Gasteiger partial charge in [-0.25, -0.2) is 4.79 Å². The minimum absolute atomic E-state index is 0.291. The van der Waals surface area contributed by atoms with Crippen LogP contribution in [0.3, 0.4) is 0 Å². The molecule has 76 valence electrons. The molecule has 0 aliphatic rings. The van der Waals surface area contributed by atoms with E-state index in [4.69, 9.17) is 4.74 Å². The molecule has 1 atom stereocenters. The molecule has 1 unspecified atom stereocenters. The standard InChI is InChI=1S/C8H15NO3S/c1-4-12-7(11)6(9-5-10)8(2,3)13/h5-6,13H,4H2,1-3H3,(H,9,10). The van der Waals surface area contributed by atoms with Crippen LogP contribution in [0.2, 0.25) is 0 Å². The Hall–Kier alpha value is -0.710. The molecule has 1 amide bonds. The molecule has 4 nitrogen and oxygen atoms in total. The Bertz CT molecular complexity index is 188. The van der Waals surface area contributed by atoms with Crippen LogP contribution < -0.4 is 5.32 Å². The number of carbonyl (C=O) groups excluding carboxylic acids is 2. The maximum Gasteiger partial charge on any atom is 0.330 e. The zero-order valence-electron chi connectivity index (χ0n) is 8.03. The molecule has 0 saturated carbocycles. The number of rotatable bonds is 5. The van der Waals surface area contributed by atoms with Crippen molar-refractivity contribution < 1.29 is 14.3 Å². The van der Waals surface area contributed by atoms with Crippen LogP contribution in [0.5, 0.6) is 0 Å². The van der Waals surface area contributed by atoms with Gasteiger partial charge in [0.2, 0.25) is 6.41 Å². The maximum atomic E-state index is 11.3. The van der Waals surface area contributed by atoms with E-state index in [1.807, 2.05) is 0 Å². The molecule has 0 aromatic heterocycles. The van der Waals surface area contributed by atoms with Crippen LogP contribution in [0.1, 0.15) is 20.8 Å². The van der Waals surface area contributed by atoms with Gasteiger partial charge in [-0.05, 0) is 20.8 Å². The second-order valence-corrected chi connectivity index (χ2v) is 4.28. The van der Waals surface area contributed by atoms with Gasteiger partial charge in [0.15, 0.2) is 0 Å². The number of thiol groups is 1. The van der Waals surface area contributed by atoms with Crippen LogP contribution in [0.15, 0.2) is 0 Å². The lowest BCUT2D eigenvalue weighted by Crippen LogP contribution is -2.49. The van der Waals surface area contributed by atoms with Gasteiger partial charge in [-0.1, -0.05) is 0 Å². The van der Waals surface area contributed by atoms with E-state index in [1.165, 1.54) is 0 Å². The van der Waals surface area contributed by atoms with E-state index in [0.717, 1.165) is 0 Å². The van der Waals surface area contributed by atoms with Crippen LogP contribution in [-0.2, 0) is 14.3 Å². The fraction of sp³-hybridized carbons (Fsp3) is 0.750. The van der Waals surface area contributed by atoms with E-state index < -0.39 is 16.8 Å². The zero-order valence-corrected chi connectivity index (χ0v) is 8.93. The first kappa shape index (κ1) is 12.3. The number of ether oxygens (including phenoxy) is 1. The van der Waals surface area contributed by atoms with Crippen molar-refractivity contribution in [3.8, 4) is 0 Å². The minimum atomic E-state index is -0.715. The Morgan fingerprint density at radius 3 is 2.54 bits per heavy atom. The molecule has 13 heavy (non-hydrogen) atoms. The molecule has 0 aromatic rings. The summed E-state index contributed by atoms with van der Waals surface area (Å²) >= 11 is 4.19.